The summed E-state index contributed by atoms with van der Waals surface area (Å²) < 4.78 is 10.7. The van der Waals surface area contributed by atoms with Crippen molar-refractivity contribution < 1.29 is 29.3 Å². The SMILES string of the molecule is CN(CCc1ccccc1)c1ccc2c(c1)OCO2.O=C(O)C(=O)O. The lowest BCUT2D eigenvalue weighted by Gasteiger charge is -2.19. The first-order valence-corrected chi connectivity index (χ1v) is 7.58. The van der Waals surface area contributed by atoms with Crippen LogP contribution in [0.3, 0.4) is 0 Å². The Morgan fingerprint density at radius 2 is 1.64 bits per heavy atom. The second kappa shape index (κ2) is 8.58. The number of hydrogen-bond donors (Lipinski definition) is 2. The highest BCUT2D eigenvalue weighted by Gasteiger charge is 2.14. The van der Waals surface area contributed by atoms with Crippen LogP contribution in [0.15, 0.2) is 48.5 Å². The fourth-order valence-electron chi connectivity index (χ4n) is 2.19. The van der Waals surface area contributed by atoms with Crippen LogP contribution in [0.25, 0.3) is 0 Å². The summed E-state index contributed by atoms with van der Waals surface area (Å²) in [5, 5.41) is 14.8. The van der Waals surface area contributed by atoms with E-state index in [4.69, 9.17) is 29.3 Å². The van der Waals surface area contributed by atoms with Crippen molar-refractivity contribution in [3.05, 3.63) is 54.1 Å². The van der Waals surface area contributed by atoms with Crippen molar-refractivity contribution in [3.8, 4) is 11.5 Å². The second-order valence-corrected chi connectivity index (χ2v) is 5.31. The van der Waals surface area contributed by atoms with Gasteiger partial charge in [0, 0.05) is 25.3 Å². The van der Waals surface area contributed by atoms with Crippen molar-refractivity contribution in [2.75, 3.05) is 25.3 Å². The highest BCUT2D eigenvalue weighted by Crippen LogP contribution is 2.35. The molecule has 2 aromatic rings. The normalized spacial score (nSPS) is 11.2. The molecule has 0 bridgehead atoms. The van der Waals surface area contributed by atoms with Gasteiger partial charge in [0.2, 0.25) is 6.79 Å². The number of carboxylic acid groups (broad SMARTS) is 2. The molecule has 0 atom stereocenters. The average Bonchev–Trinajstić information content (AvgIpc) is 3.08. The van der Waals surface area contributed by atoms with Crippen molar-refractivity contribution in [2.24, 2.45) is 0 Å². The van der Waals surface area contributed by atoms with Crippen molar-refractivity contribution in [3.63, 3.8) is 0 Å². The molecule has 0 spiro atoms. The summed E-state index contributed by atoms with van der Waals surface area (Å²) in [6, 6.07) is 16.6. The fraction of sp³-hybridized carbons (Fsp3) is 0.222. The largest absolute Gasteiger partial charge is 0.473 e. The predicted molar refractivity (Wildman–Crippen MR) is 91.3 cm³/mol. The minimum atomic E-state index is -1.82. The molecule has 0 amide bonds. The van der Waals surface area contributed by atoms with E-state index in [1.54, 1.807) is 0 Å². The standard InChI is InChI=1S/C16H17NO2.C2H2O4/c1-17(10-9-13-5-3-2-4-6-13)14-7-8-15-16(11-14)19-12-18-15;3-1(4)2(5)6/h2-8,11H,9-10,12H2,1H3;(H,3,4)(H,5,6). The summed E-state index contributed by atoms with van der Waals surface area (Å²) in [5.74, 6) is -1.98. The van der Waals surface area contributed by atoms with Crippen molar-refractivity contribution in [2.45, 2.75) is 6.42 Å². The number of ether oxygens (including phenoxy) is 2. The Kier molecular flexibility index (Phi) is 6.22. The molecule has 0 radical (unpaired) electrons. The smallest absolute Gasteiger partial charge is 0.414 e. The zero-order valence-corrected chi connectivity index (χ0v) is 13.7. The molecule has 7 nitrogen and oxygen atoms in total. The molecule has 0 saturated heterocycles. The van der Waals surface area contributed by atoms with E-state index < -0.39 is 11.9 Å². The van der Waals surface area contributed by atoms with Gasteiger partial charge in [-0.3, -0.25) is 0 Å². The third-order valence-corrected chi connectivity index (χ3v) is 3.56. The Balaban J connectivity index is 0.000000326. The Bertz CT molecular complexity index is 720. The first-order chi connectivity index (χ1) is 12.0. The van der Waals surface area contributed by atoms with Crippen LogP contribution in [0.4, 0.5) is 5.69 Å². The number of anilines is 1. The molecule has 1 aliphatic rings. The topological polar surface area (TPSA) is 96.3 Å². The third-order valence-electron chi connectivity index (χ3n) is 3.56. The molecule has 25 heavy (non-hydrogen) atoms. The number of aliphatic carboxylic acids is 2. The van der Waals surface area contributed by atoms with Crippen LogP contribution in [0.2, 0.25) is 0 Å². The molecular weight excluding hydrogens is 326 g/mol. The number of fused-ring (bicyclic) bond motifs is 1. The van der Waals surface area contributed by atoms with E-state index in [0.717, 1.165) is 30.2 Å². The van der Waals surface area contributed by atoms with Gasteiger partial charge in [-0.25, -0.2) is 9.59 Å². The minimum absolute atomic E-state index is 0.326. The maximum atomic E-state index is 9.10. The lowest BCUT2D eigenvalue weighted by atomic mass is 10.1. The molecule has 0 aromatic heterocycles. The first-order valence-electron chi connectivity index (χ1n) is 7.58. The maximum Gasteiger partial charge on any atom is 0.414 e. The van der Waals surface area contributed by atoms with E-state index in [9.17, 15) is 0 Å². The average molecular weight is 345 g/mol. The van der Waals surface area contributed by atoms with Crippen LogP contribution in [0, 0.1) is 0 Å². The summed E-state index contributed by atoms with van der Waals surface area (Å²) in [4.78, 5) is 20.4. The Morgan fingerprint density at radius 3 is 2.28 bits per heavy atom. The molecular formula is C18H19NO6. The van der Waals surface area contributed by atoms with E-state index in [1.807, 2.05) is 18.2 Å². The van der Waals surface area contributed by atoms with Crippen LogP contribution in [-0.2, 0) is 16.0 Å². The summed E-state index contributed by atoms with van der Waals surface area (Å²) in [7, 11) is 2.10. The number of benzene rings is 2. The summed E-state index contributed by atoms with van der Waals surface area (Å²) in [6.45, 7) is 1.30. The van der Waals surface area contributed by atoms with E-state index in [1.165, 1.54) is 5.56 Å². The van der Waals surface area contributed by atoms with Crippen molar-refractivity contribution >= 4 is 17.6 Å². The Labute approximate surface area is 145 Å². The van der Waals surface area contributed by atoms with Gasteiger partial charge in [0.25, 0.3) is 0 Å². The zero-order chi connectivity index (χ0) is 18.2. The summed E-state index contributed by atoms with van der Waals surface area (Å²) >= 11 is 0. The summed E-state index contributed by atoms with van der Waals surface area (Å²) in [5.41, 5.74) is 2.51. The van der Waals surface area contributed by atoms with Gasteiger partial charge in [-0.2, -0.15) is 0 Å². The molecule has 1 heterocycles. The van der Waals surface area contributed by atoms with Crippen molar-refractivity contribution in [1.29, 1.82) is 0 Å². The third kappa shape index (κ3) is 5.42. The summed E-state index contributed by atoms with van der Waals surface area (Å²) in [6.07, 6.45) is 1.03. The zero-order valence-electron chi connectivity index (χ0n) is 13.7. The van der Waals surface area contributed by atoms with Crippen molar-refractivity contribution in [1.82, 2.24) is 0 Å². The predicted octanol–water partition coefficient (Wildman–Crippen LogP) is 2.25. The highest BCUT2D eigenvalue weighted by atomic mass is 16.7. The number of carboxylic acids is 2. The fourth-order valence-corrected chi connectivity index (χ4v) is 2.19. The number of likely N-dealkylation sites (N-methyl/N-ethyl adjacent to an activating group) is 1. The quantitative estimate of drug-likeness (QED) is 0.820. The van der Waals surface area contributed by atoms with Crippen LogP contribution < -0.4 is 14.4 Å². The van der Waals surface area contributed by atoms with E-state index >= 15 is 0 Å². The van der Waals surface area contributed by atoms with Gasteiger partial charge in [0.05, 0.1) is 0 Å². The molecule has 0 aliphatic carbocycles. The molecule has 3 rings (SSSR count). The van der Waals surface area contributed by atoms with Crippen LogP contribution >= 0.6 is 0 Å². The molecule has 0 fully saturated rings. The number of nitrogens with zero attached hydrogens (tertiary/aromatic N) is 1. The highest BCUT2D eigenvalue weighted by molar-refractivity contribution is 6.27. The molecule has 2 N–H and O–H groups in total. The minimum Gasteiger partial charge on any atom is -0.473 e. The Hall–Kier alpha value is -3.22. The van der Waals surface area contributed by atoms with Gasteiger partial charge >= 0.3 is 11.9 Å². The molecule has 7 heteroatoms. The van der Waals surface area contributed by atoms with Gasteiger partial charge in [-0.05, 0) is 24.1 Å². The van der Waals surface area contributed by atoms with E-state index in [-0.39, 0.29) is 0 Å². The molecule has 0 saturated carbocycles. The van der Waals surface area contributed by atoms with Crippen LogP contribution in [0.5, 0.6) is 11.5 Å². The van der Waals surface area contributed by atoms with Gasteiger partial charge in [0.15, 0.2) is 11.5 Å². The second-order valence-electron chi connectivity index (χ2n) is 5.31. The molecule has 132 valence electrons. The number of rotatable bonds is 4. The van der Waals surface area contributed by atoms with Gasteiger partial charge in [0.1, 0.15) is 0 Å². The lowest BCUT2D eigenvalue weighted by molar-refractivity contribution is -0.159. The number of hydrogen-bond acceptors (Lipinski definition) is 5. The van der Waals surface area contributed by atoms with E-state index in [2.05, 4.69) is 42.3 Å². The number of carbonyl (C=O) groups is 2. The maximum absolute atomic E-state index is 9.10. The Morgan fingerprint density at radius 1 is 1.00 bits per heavy atom. The molecule has 2 aromatic carbocycles. The lowest BCUT2D eigenvalue weighted by Crippen LogP contribution is -2.20. The monoisotopic (exact) mass is 345 g/mol. The van der Waals surface area contributed by atoms with Gasteiger partial charge in [-0.1, -0.05) is 30.3 Å². The van der Waals surface area contributed by atoms with Crippen LogP contribution in [0.1, 0.15) is 5.56 Å². The van der Waals surface area contributed by atoms with E-state index in [0.29, 0.717) is 6.79 Å². The first kappa shape index (κ1) is 18.1. The van der Waals surface area contributed by atoms with Gasteiger partial charge < -0.3 is 24.6 Å². The molecule has 0 unspecified atom stereocenters. The van der Waals surface area contributed by atoms with Crippen LogP contribution in [-0.4, -0.2) is 42.5 Å². The van der Waals surface area contributed by atoms with Gasteiger partial charge in [-0.15, -0.1) is 0 Å². The molecule has 1 aliphatic heterocycles.